The Balaban J connectivity index is 1.90. The minimum Gasteiger partial charge on any atom is -0.508 e. The van der Waals surface area contributed by atoms with E-state index in [4.69, 9.17) is 4.74 Å². The number of hydrogen-bond donors (Lipinski definition) is 3. The maximum atomic E-state index is 13.6. The summed E-state index contributed by atoms with van der Waals surface area (Å²) in [5.41, 5.74) is 0.105. The maximum Gasteiger partial charge on any atom is 0.408 e. The molecule has 8 heteroatoms. The largest absolute Gasteiger partial charge is 0.508 e. The summed E-state index contributed by atoms with van der Waals surface area (Å²) in [6.07, 6.45) is -0.737. The fraction of sp³-hybridized carbons (Fsp3) is 0.321. The molecule has 0 radical (unpaired) electrons. The number of benzene rings is 3. The summed E-state index contributed by atoms with van der Waals surface area (Å²) >= 11 is 0. The van der Waals surface area contributed by atoms with Crippen LogP contribution >= 0.6 is 0 Å². The number of likely N-dealkylation sites (N-methyl/N-ethyl adjacent to an activating group) is 1. The van der Waals surface area contributed by atoms with Gasteiger partial charge in [0.2, 0.25) is 5.91 Å². The van der Waals surface area contributed by atoms with E-state index < -0.39 is 35.6 Å². The van der Waals surface area contributed by atoms with Gasteiger partial charge in [-0.15, -0.1) is 0 Å². The van der Waals surface area contributed by atoms with Crippen LogP contribution in [0.15, 0.2) is 66.7 Å². The van der Waals surface area contributed by atoms with Crippen molar-refractivity contribution in [2.45, 2.75) is 52.3 Å². The molecule has 2 unspecified atom stereocenters. The van der Waals surface area contributed by atoms with Gasteiger partial charge in [0, 0.05) is 17.8 Å². The van der Waals surface area contributed by atoms with E-state index >= 15 is 0 Å². The quantitative estimate of drug-likeness (QED) is 0.432. The van der Waals surface area contributed by atoms with Gasteiger partial charge in [-0.05, 0) is 63.6 Å². The van der Waals surface area contributed by atoms with E-state index in [2.05, 4.69) is 10.6 Å². The normalized spacial score (nSPS) is 12.9. The lowest BCUT2D eigenvalue weighted by molar-refractivity contribution is -0.140. The molecule has 0 saturated heterocycles. The smallest absolute Gasteiger partial charge is 0.408 e. The number of alkyl carbamates (subject to hydrolysis) is 1. The monoisotopic (exact) mass is 491 g/mol. The second-order valence-electron chi connectivity index (χ2n) is 9.50. The molecule has 0 aliphatic carbocycles. The maximum absolute atomic E-state index is 13.6. The number of nitrogens with one attached hydrogen (secondary N) is 2. The Kier molecular flexibility index (Phi) is 8.19. The van der Waals surface area contributed by atoms with Gasteiger partial charge in [-0.1, -0.05) is 48.5 Å². The predicted molar refractivity (Wildman–Crippen MR) is 140 cm³/mol. The molecule has 0 aliphatic heterocycles. The number of aromatic hydroxyl groups is 1. The minimum atomic E-state index is -1.14. The molecule has 0 aliphatic rings. The first-order valence-corrected chi connectivity index (χ1v) is 11.9. The number of nitrogens with zero attached hydrogens (tertiary/aromatic N) is 1. The average Bonchev–Trinajstić information content (AvgIpc) is 2.81. The van der Waals surface area contributed by atoms with Gasteiger partial charge in [0.25, 0.3) is 5.91 Å². The summed E-state index contributed by atoms with van der Waals surface area (Å²) in [6.45, 7) is 8.59. The predicted octanol–water partition coefficient (Wildman–Crippen LogP) is 4.99. The summed E-state index contributed by atoms with van der Waals surface area (Å²) in [5.74, 6) is -1.10. The van der Waals surface area contributed by atoms with Crippen molar-refractivity contribution < 1.29 is 24.2 Å². The molecular formula is C28H33N3O5. The van der Waals surface area contributed by atoms with E-state index in [0.717, 1.165) is 10.8 Å². The first-order chi connectivity index (χ1) is 17.0. The summed E-state index contributed by atoms with van der Waals surface area (Å²) < 4.78 is 5.26. The Labute approximate surface area is 211 Å². The van der Waals surface area contributed by atoms with Gasteiger partial charge in [0.1, 0.15) is 23.4 Å². The van der Waals surface area contributed by atoms with E-state index in [1.807, 2.05) is 36.4 Å². The Morgan fingerprint density at radius 1 is 0.972 bits per heavy atom. The molecule has 8 nitrogen and oxygen atoms in total. The molecule has 190 valence electrons. The molecule has 3 amide bonds. The molecule has 0 spiro atoms. The van der Waals surface area contributed by atoms with Crippen LogP contribution < -0.4 is 10.6 Å². The van der Waals surface area contributed by atoms with Crippen LogP contribution in [-0.4, -0.2) is 46.1 Å². The van der Waals surface area contributed by atoms with E-state index in [0.29, 0.717) is 5.69 Å². The first-order valence-electron chi connectivity index (χ1n) is 11.9. The SMILES string of the molecule is CCN(C(=O)C(C)NC(=O)OC(C)(C)C)C(C(=O)Nc1ccc2ccccc2c1)c1ccccc1O. The molecule has 3 rings (SSSR count). The van der Waals surface area contributed by atoms with Crippen molar-refractivity contribution in [1.82, 2.24) is 10.2 Å². The number of fused-ring (bicyclic) bond motifs is 1. The van der Waals surface area contributed by atoms with Crippen LogP contribution in [0.5, 0.6) is 5.75 Å². The Morgan fingerprint density at radius 2 is 1.61 bits per heavy atom. The number of phenolic OH excluding ortho intramolecular Hbond substituents is 1. The van der Waals surface area contributed by atoms with Crippen LogP contribution in [0.25, 0.3) is 10.8 Å². The van der Waals surface area contributed by atoms with Crippen LogP contribution in [0, 0.1) is 0 Å². The fourth-order valence-corrected chi connectivity index (χ4v) is 3.91. The van der Waals surface area contributed by atoms with Gasteiger partial charge in [-0.25, -0.2) is 4.79 Å². The third-order valence-corrected chi connectivity index (χ3v) is 5.54. The molecule has 3 N–H and O–H groups in total. The van der Waals surface area contributed by atoms with Gasteiger partial charge in [-0.2, -0.15) is 0 Å². The molecule has 0 heterocycles. The summed E-state index contributed by atoms with van der Waals surface area (Å²) in [4.78, 5) is 40.6. The number of ether oxygens (including phenoxy) is 1. The lowest BCUT2D eigenvalue weighted by atomic mass is 10.0. The molecular weight excluding hydrogens is 458 g/mol. The summed E-state index contributed by atoms with van der Waals surface area (Å²) in [7, 11) is 0. The molecule has 0 saturated carbocycles. The Hall–Kier alpha value is -4.07. The molecule has 2 atom stereocenters. The molecule has 0 fully saturated rings. The van der Waals surface area contributed by atoms with Crippen LogP contribution in [0.4, 0.5) is 10.5 Å². The zero-order valence-corrected chi connectivity index (χ0v) is 21.2. The highest BCUT2D eigenvalue weighted by molar-refractivity contribution is 6.00. The summed E-state index contributed by atoms with van der Waals surface area (Å²) in [5, 5.41) is 18.0. The van der Waals surface area contributed by atoms with E-state index in [1.165, 1.54) is 17.9 Å². The lowest BCUT2D eigenvalue weighted by Crippen LogP contribution is -2.51. The highest BCUT2D eigenvalue weighted by Gasteiger charge is 2.35. The van der Waals surface area contributed by atoms with E-state index in [1.54, 1.807) is 52.0 Å². The lowest BCUT2D eigenvalue weighted by Gasteiger charge is -2.33. The number of carbonyl (C=O) groups is 3. The van der Waals surface area contributed by atoms with Gasteiger partial charge < -0.3 is 25.4 Å². The van der Waals surface area contributed by atoms with Crippen LogP contribution in [0.1, 0.15) is 46.2 Å². The average molecular weight is 492 g/mol. The molecule has 36 heavy (non-hydrogen) atoms. The Bertz CT molecular complexity index is 1250. The zero-order valence-electron chi connectivity index (χ0n) is 21.2. The molecule has 3 aromatic rings. The molecule has 0 aromatic heterocycles. The molecule has 0 bridgehead atoms. The number of amides is 3. The van der Waals surface area contributed by atoms with Crippen LogP contribution in [-0.2, 0) is 14.3 Å². The van der Waals surface area contributed by atoms with Crippen molar-refractivity contribution in [1.29, 1.82) is 0 Å². The second-order valence-corrected chi connectivity index (χ2v) is 9.50. The standard InChI is InChI=1S/C28H33N3O5/c1-6-31(26(34)18(2)29-27(35)36-28(3,4)5)24(22-13-9-10-14-23(22)32)25(33)30-21-16-15-19-11-7-8-12-20(19)17-21/h7-18,24,32H,6H2,1-5H3,(H,29,35)(H,30,33). The minimum absolute atomic E-state index is 0.116. The number of hydrogen-bond acceptors (Lipinski definition) is 5. The van der Waals surface area contributed by atoms with Gasteiger partial charge in [0.05, 0.1) is 0 Å². The highest BCUT2D eigenvalue weighted by atomic mass is 16.6. The van der Waals surface area contributed by atoms with Crippen molar-refractivity contribution in [2.24, 2.45) is 0 Å². The fourth-order valence-electron chi connectivity index (χ4n) is 3.91. The summed E-state index contributed by atoms with van der Waals surface area (Å²) in [6, 6.07) is 17.6. The third kappa shape index (κ3) is 6.53. The van der Waals surface area contributed by atoms with E-state index in [-0.39, 0.29) is 17.9 Å². The number of carbonyl (C=O) groups excluding carboxylic acids is 3. The highest BCUT2D eigenvalue weighted by Crippen LogP contribution is 2.31. The van der Waals surface area contributed by atoms with Crippen molar-refractivity contribution in [2.75, 3.05) is 11.9 Å². The van der Waals surface area contributed by atoms with Gasteiger partial charge in [-0.3, -0.25) is 9.59 Å². The van der Waals surface area contributed by atoms with Crippen molar-refractivity contribution in [3.63, 3.8) is 0 Å². The van der Waals surface area contributed by atoms with Crippen LogP contribution in [0.2, 0.25) is 0 Å². The molecule has 3 aromatic carbocycles. The van der Waals surface area contributed by atoms with Crippen molar-refractivity contribution in [3.8, 4) is 5.75 Å². The second kappa shape index (κ2) is 11.1. The Morgan fingerprint density at radius 3 is 2.25 bits per heavy atom. The first kappa shape index (κ1) is 26.5. The van der Waals surface area contributed by atoms with E-state index in [9.17, 15) is 19.5 Å². The zero-order chi connectivity index (χ0) is 26.5. The van der Waals surface area contributed by atoms with Crippen LogP contribution in [0.3, 0.4) is 0 Å². The van der Waals surface area contributed by atoms with Gasteiger partial charge in [0.15, 0.2) is 0 Å². The van der Waals surface area contributed by atoms with Crippen molar-refractivity contribution in [3.05, 3.63) is 72.3 Å². The number of phenols is 1. The number of anilines is 1. The van der Waals surface area contributed by atoms with Crippen molar-refractivity contribution >= 4 is 34.4 Å². The number of para-hydroxylation sites is 1. The number of rotatable bonds is 7. The topological polar surface area (TPSA) is 108 Å². The van der Waals surface area contributed by atoms with Gasteiger partial charge >= 0.3 is 6.09 Å². The third-order valence-electron chi connectivity index (χ3n) is 5.54.